The SMILES string of the molecule is C=CS(=O)(=O)N[C@H]1C(O)O[C@H](CO)[C@@H](O)[C@@H]1O. The molecule has 9 heteroatoms. The zero-order chi connectivity index (χ0) is 13.2. The summed E-state index contributed by atoms with van der Waals surface area (Å²) in [5.41, 5.74) is 0. The van der Waals surface area contributed by atoms with Gasteiger partial charge in [-0.25, -0.2) is 13.1 Å². The Kier molecular flexibility index (Phi) is 4.61. The number of hydrogen-bond acceptors (Lipinski definition) is 7. The van der Waals surface area contributed by atoms with Crippen LogP contribution in [0, 0.1) is 0 Å². The summed E-state index contributed by atoms with van der Waals surface area (Å²) in [6.45, 7) is 2.43. The normalized spacial score (nSPS) is 38.9. The van der Waals surface area contributed by atoms with Crippen LogP contribution in [0.2, 0.25) is 0 Å². The molecule has 1 unspecified atom stereocenters. The molecule has 8 nitrogen and oxygen atoms in total. The maximum Gasteiger partial charge on any atom is 0.233 e. The van der Waals surface area contributed by atoms with Gasteiger partial charge in [0.1, 0.15) is 24.4 Å². The Morgan fingerprint density at radius 3 is 2.35 bits per heavy atom. The van der Waals surface area contributed by atoms with E-state index in [9.17, 15) is 23.7 Å². The highest BCUT2D eigenvalue weighted by Crippen LogP contribution is 2.20. The third kappa shape index (κ3) is 3.22. The van der Waals surface area contributed by atoms with Gasteiger partial charge in [0, 0.05) is 5.41 Å². The quantitative estimate of drug-likeness (QED) is 0.363. The third-order valence-electron chi connectivity index (χ3n) is 2.42. The van der Waals surface area contributed by atoms with E-state index >= 15 is 0 Å². The lowest BCUT2D eigenvalue weighted by Gasteiger charge is -2.39. The lowest BCUT2D eigenvalue weighted by molar-refractivity contribution is -0.251. The van der Waals surface area contributed by atoms with Crippen molar-refractivity contribution in [3.8, 4) is 0 Å². The molecule has 1 aliphatic rings. The van der Waals surface area contributed by atoms with Gasteiger partial charge >= 0.3 is 0 Å². The molecule has 1 rings (SSSR count). The van der Waals surface area contributed by atoms with Crippen LogP contribution in [0.1, 0.15) is 0 Å². The molecular weight excluding hydrogens is 254 g/mol. The van der Waals surface area contributed by atoms with E-state index in [1.54, 1.807) is 0 Å². The molecule has 1 heterocycles. The van der Waals surface area contributed by atoms with Crippen molar-refractivity contribution < 1.29 is 33.6 Å². The summed E-state index contributed by atoms with van der Waals surface area (Å²) in [6.07, 6.45) is -5.98. The van der Waals surface area contributed by atoms with Gasteiger partial charge in [0.05, 0.1) is 6.61 Å². The predicted molar refractivity (Wildman–Crippen MR) is 56.0 cm³/mol. The molecule has 0 bridgehead atoms. The number of nitrogens with one attached hydrogen (secondary N) is 1. The van der Waals surface area contributed by atoms with Crippen LogP contribution >= 0.6 is 0 Å². The summed E-state index contributed by atoms with van der Waals surface area (Å²) < 4.78 is 29.0. The Labute approximate surface area is 98.2 Å². The van der Waals surface area contributed by atoms with E-state index in [0.29, 0.717) is 5.41 Å². The fourth-order valence-corrected chi connectivity index (χ4v) is 2.19. The van der Waals surface area contributed by atoms with E-state index in [4.69, 9.17) is 9.84 Å². The lowest BCUT2D eigenvalue weighted by Crippen LogP contribution is -2.63. The number of rotatable bonds is 4. The second kappa shape index (κ2) is 5.40. The lowest BCUT2D eigenvalue weighted by atomic mass is 9.98. The zero-order valence-electron chi connectivity index (χ0n) is 8.80. The maximum atomic E-state index is 11.2. The van der Waals surface area contributed by atoms with Crippen LogP contribution in [-0.4, -0.2) is 66.1 Å². The largest absolute Gasteiger partial charge is 0.394 e. The molecular formula is C8H15NO7S. The van der Waals surface area contributed by atoms with Gasteiger partial charge in [0.25, 0.3) is 0 Å². The molecule has 5 N–H and O–H groups in total. The standard InChI is InChI=1S/C8H15NO7S/c1-2-17(14,15)9-5-7(12)6(11)4(3-10)16-8(5)13/h2,4-13H,1,3H2/t4-,5-,6-,7-,8?/m1/s1. The predicted octanol–water partition coefficient (Wildman–Crippen LogP) is -3.15. The molecule has 1 saturated heterocycles. The smallest absolute Gasteiger partial charge is 0.233 e. The van der Waals surface area contributed by atoms with Crippen molar-refractivity contribution >= 4 is 10.0 Å². The molecule has 0 saturated carbocycles. The van der Waals surface area contributed by atoms with Crippen molar-refractivity contribution in [1.29, 1.82) is 0 Å². The fraction of sp³-hybridized carbons (Fsp3) is 0.750. The number of aliphatic hydroxyl groups excluding tert-OH is 4. The average molecular weight is 269 g/mol. The van der Waals surface area contributed by atoms with Crippen LogP contribution in [0.5, 0.6) is 0 Å². The first kappa shape index (κ1) is 14.5. The van der Waals surface area contributed by atoms with Gasteiger partial charge in [-0.15, -0.1) is 0 Å². The van der Waals surface area contributed by atoms with Crippen molar-refractivity contribution in [3.05, 3.63) is 12.0 Å². The second-order valence-electron chi connectivity index (χ2n) is 3.58. The summed E-state index contributed by atoms with van der Waals surface area (Å²) in [4.78, 5) is 0. The van der Waals surface area contributed by atoms with Gasteiger partial charge in [-0.1, -0.05) is 6.58 Å². The van der Waals surface area contributed by atoms with Crippen molar-refractivity contribution in [3.63, 3.8) is 0 Å². The van der Waals surface area contributed by atoms with Crippen molar-refractivity contribution in [1.82, 2.24) is 4.72 Å². The number of sulfonamides is 1. The van der Waals surface area contributed by atoms with Crippen LogP contribution in [0.3, 0.4) is 0 Å². The fourth-order valence-electron chi connectivity index (χ4n) is 1.46. The summed E-state index contributed by atoms with van der Waals surface area (Å²) in [6, 6.07) is -1.43. The molecule has 17 heavy (non-hydrogen) atoms. The van der Waals surface area contributed by atoms with E-state index in [2.05, 4.69) is 6.58 Å². The van der Waals surface area contributed by atoms with Gasteiger partial charge in [-0.2, -0.15) is 0 Å². The highest BCUT2D eigenvalue weighted by atomic mass is 32.2. The first-order chi connectivity index (χ1) is 7.82. The average Bonchev–Trinajstić information content (AvgIpc) is 2.29. The minimum absolute atomic E-state index is 0.594. The van der Waals surface area contributed by atoms with E-state index in [1.807, 2.05) is 4.72 Å². The molecule has 0 amide bonds. The van der Waals surface area contributed by atoms with Crippen LogP contribution in [-0.2, 0) is 14.8 Å². The Morgan fingerprint density at radius 2 is 1.88 bits per heavy atom. The zero-order valence-corrected chi connectivity index (χ0v) is 9.62. The number of ether oxygens (including phenoxy) is 1. The molecule has 100 valence electrons. The number of aliphatic hydroxyl groups is 4. The molecule has 0 radical (unpaired) electrons. The summed E-state index contributed by atoms with van der Waals surface area (Å²) in [5, 5.41) is 37.9. The first-order valence-corrected chi connectivity index (χ1v) is 6.32. The van der Waals surface area contributed by atoms with Gasteiger partial charge in [0.2, 0.25) is 10.0 Å². The maximum absolute atomic E-state index is 11.2. The van der Waals surface area contributed by atoms with Crippen LogP contribution < -0.4 is 4.72 Å². The van der Waals surface area contributed by atoms with E-state index in [1.165, 1.54) is 0 Å². The minimum Gasteiger partial charge on any atom is -0.394 e. The van der Waals surface area contributed by atoms with E-state index in [0.717, 1.165) is 0 Å². The van der Waals surface area contributed by atoms with Crippen LogP contribution in [0.4, 0.5) is 0 Å². The van der Waals surface area contributed by atoms with Crippen molar-refractivity contribution in [2.75, 3.05) is 6.61 Å². The Balaban J connectivity index is 2.83. The molecule has 1 fully saturated rings. The van der Waals surface area contributed by atoms with E-state index < -0.39 is 47.3 Å². The minimum atomic E-state index is -3.89. The number of hydrogen-bond donors (Lipinski definition) is 5. The molecule has 0 aliphatic carbocycles. The summed E-state index contributed by atoms with van der Waals surface area (Å²) in [7, 11) is -3.89. The molecule has 0 spiro atoms. The van der Waals surface area contributed by atoms with Gasteiger partial charge in [0.15, 0.2) is 6.29 Å². The van der Waals surface area contributed by atoms with Gasteiger partial charge < -0.3 is 25.2 Å². The summed E-state index contributed by atoms with van der Waals surface area (Å²) >= 11 is 0. The molecule has 1 aliphatic heterocycles. The topological polar surface area (TPSA) is 136 Å². The molecule has 0 aromatic carbocycles. The Morgan fingerprint density at radius 1 is 1.29 bits per heavy atom. The third-order valence-corrected chi connectivity index (χ3v) is 3.46. The second-order valence-corrected chi connectivity index (χ2v) is 5.24. The monoisotopic (exact) mass is 269 g/mol. The highest BCUT2D eigenvalue weighted by molar-refractivity contribution is 7.92. The van der Waals surface area contributed by atoms with Crippen LogP contribution in [0.25, 0.3) is 0 Å². The Bertz CT molecular complexity index is 370. The molecule has 0 aromatic heterocycles. The molecule has 0 aromatic rings. The van der Waals surface area contributed by atoms with Crippen molar-refractivity contribution in [2.45, 2.75) is 30.6 Å². The van der Waals surface area contributed by atoms with Gasteiger partial charge in [-0.05, 0) is 0 Å². The first-order valence-electron chi connectivity index (χ1n) is 4.77. The molecule has 5 atom stereocenters. The van der Waals surface area contributed by atoms with Crippen LogP contribution in [0.15, 0.2) is 12.0 Å². The highest BCUT2D eigenvalue weighted by Gasteiger charge is 2.44. The summed E-state index contributed by atoms with van der Waals surface area (Å²) in [5.74, 6) is 0. The van der Waals surface area contributed by atoms with Crippen molar-refractivity contribution in [2.24, 2.45) is 0 Å². The van der Waals surface area contributed by atoms with E-state index in [-0.39, 0.29) is 0 Å². The Hall–Kier alpha value is -0.550. The van der Waals surface area contributed by atoms with Gasteiger partial charge in [-0.3, -0.25) is 0 Å².